The maximum Gasteiger partial charge on any atom is 0.333 e. The van der Waals surface area contributed by atoms with Gasteiger partial charge < -0.3 is 9.47 Å². The van der Waals surface area contributed by atoms with E-state index in [0.29, 0.717) is 5.57 Å². The van der Waals surface area contributed by atoms with Gasteiger partial charge in [0.1, 0.15) is 6.61 Å². The van der Waals surface area contributed by atoms with Gasteiger partial charge in [-0.2, -0.15) is 0 Å². The van der Waals surface area contributed by atoms with Crippen molar-refractivity contribution in [3.05, 3.63) is 12.2 Å². The number of hydroxylamine groups is 2. The molecular weight excluding hydrogens is 190 g/mol. The van der Waals surface area contributed by atoms with Gasteiger partial charge in [-0.05, 0) is 6.92 Å². The summed E-state index contributed by atoms with van der Waals surface area (Å²) in [5, 5.41) is 16.6. The van der Waals surface area contributed by atoms with E-state index in [0.717, 1.165) is 0 Å². The third-order valence-electron chi connectivity index (χ3n) is 1.24. The fourth-order valence-corrected chi connectivity index (χ4v) is 0.565. The Hall–Kier alpha value is -0.950. The quantitative estimate of drug-likeness (QED) is 0.267. The lowest BCUT2D eigenvalue weighted by atomic mass is 10.4. The summed E-state index contributed by atoms with van der Waals surface area (Å²) in [5.74, 6) is -0.459. The van der Waals surface area contributed by atoms with E-state index in [-0.39, 0.29) is 31.6 Å². The average molecular weight is 205 g/mol. The number of nitrogens with zero attached hydrogens (tertiary/aromatic N) is 1. The van der Waals surface area contributed by atoms with E-state index in [1.807, 2.05) is 0 Å². The van der Waals surface area contributed by atoms with E-state index < -0.39 is 5.97 Å². The Kier molecular flexibility index (Phi) is 6.95. The summed E-state index contributed by atoms with van der Waals surface area (Å²) in [4.78, 5) is 10.8. The van der Waals surface area contributed by atoms with Gasteiger partial charge in [-0.25, -0.2) is 4.79 Å². The molecular formula is C8H15NO5. The van der Waals surface area contributed by atoms with Crippen molar-refractivity contribution < 1.29 is 24.7 Å². The first-order valence-corrected chi connectivity index (χ1v) is 4.09. The van der Waals surface area contributed by atoms with Gasteiger partial charge in [0, 0.05) is 5.57 Å². The summed E-state index contributed by atoms with van der Waals surface area (Å²) in [6.07, 6.45) is 0. The maximum atomic E-state index is 10.8. The predicted octanol–water partition coefficient (Wildman–Crippen LogP) is 0.203. The lowest BCUT2D eigenvalue weighted by Gasteiger charge is -2.07. The van der Waals surface area contributed by atoms with Crippen LogP contribution in [0.1, 0.15) is 6.92 Å². The van der Waals surface area contributed by atoms with Crippen molar-refractivity contribution in [1.29, 1.82) is 0 Å². The van der Waals surface area contributed by atoms with Gasteiger partial charge in [-0.3, -0.25) is 10.4 Å². The minimum absolute atomic E-state index is 0.0194. The number of carbonyl (C=O) groups excluding carboxylic acids is 1. The Bertz CT molecular complexity index is 192. The molecule has 14 heavy (non-hydrogen) atoms. The normalized spacial score (nSPS) is 10.3. The van der Waals surface area contributed by atoms with Crippen molar-refractivity contribution in [3.63, 3.8) is 0 Å². The van der Waals surface area contributed by atoms with Crippen LogP contribution in [0.3, 0.4) is 0 Å². The third kappa shape index (κ3) is 7.69. The average Bonchev–Trinajstić information content (AvgIpc) is 2.09. The third-order valence-corrected chi connectivity index (χ3v) is 1.24. The molecule has 6 nitrogen and oxygen atoms in total. The molecule has 0 aliphatic heterocycles. The molecule has 0 saturated heterocycles. The molecule has 2 N–H and O–H groups in total. The Morgan fingerprint density at radius 2 is 2.00 bits per heavy atom. The largest absolute Gasteiger partial charge is 0.460 e. The van der Waals surface area contributed by atoms with Gasteiger partial charge in [-0.1, -0.05) is 11.8 Å². The molecule has 0 fully saturated rings. The monoisotopic (exact) mass is 205 g/mol. The molecule has 82 valence electrons. The van der Waals surface area contributed by atoms with Gasteiger partial charge in [-0.15, -0.1) is 0 Å². The SMILES string of the molecule is C=C(C)C(=O)OCCOCCN(O)O. The first kappa shape index (κ1) is 13.1. The highest BCUT2D eigenvalue weighted by Gasteiger charge is 2.01. The minimum Gasteiger partial charge on any atom is -0.460 e. The molecule has 0 bridgehead atoms. The summed E-state index contributed by atoms with van der Waals surface area (Å²) >= 11 is 0. The first-order valence-electron chi connectivity index (χ1n) is 4.09. The van der Waals surface area contributed by atoms with Crippen LogP contribution in [0.5, 0.6) is 0 Å². The van der Waals surface area contributed by atoms with Crippen molar-refractivity contribution in [2.24, 2.45) is 0 Å². The molecule has 0 aromatic rings. The zero-order valence-corrected chi connectivity index (χ0v) is 8.10. The number of ether oxygens (including phenoxy) is 2. The van der Waals surface area contributed by atoms with Crippen molar-refractivity contribution in [2.45, 2.75) is 6.92 Å². The van der Waals surface area contributed by atoms with Gasteiger partial charge in [0.25, 0.3) is 0 Å². The summed E-state index contributed by atoms with van der Waals surface area (Å²) in [6, 6.07) is 0. The zero-order chi connectivity index (χ0) is 11.0. The zero-order valence-electron chi connectivity index (χ0n) is 8.10. The number of hydrogen-bond donors (Lipinski definition) is 2. The fourth-order valence-electron chi connectivity index (χ4n) is 0.565. The molecule has 0 unspecified atom stereocenters. The van der Waals surface area contributed by atoms with E-state index in [1.54, 1.807) is 6.92 Å². The maximum absolute atomic E-state index is 10.8. The van der Waals surface area contributed by atoms with E-state index in [1.165, 1.54) is 0 Å². The van der Waals surface area contributed by atoms with Gasteiger partial charge >= 0.3 is 5.97 Å². The fraction of sp³-hybridized carbons (Fsp3) is 0.625. The van der Waals surface area contributed by atoms with E-state index >= 15 is 0 Å². The van der Waals surface area contributed by atoms with Crippen LogP contribution in [0, 0.1) is 0 Å². The molecule has 6 heteroatoms. The van der Waals surface area contributed by atoms with Gasteiger partial charge in [0.2, 0.25) is 0 Å². The molecule has 0 saturated carbocycles. The second-order valence-electron chi connectivity index (χ2n) is 2.62. The number of hydrogen-bond acceptors (Lipinski definition) is 6. The molecule has 0 spiro atoms. The Balaban J connectivity index is 3.22. The van der Waals surface area contributed by atoms with Crippen LogP contribution in [0.2, 0.25) is 0 Å². The minimum atomic E-state index is -0.459. The van der Waals surface area contributed by atoms with E-state index in [4.69, 9.17) is 19.9 Å². The highest BCUT2D eigenvalue weighted by Crippen LogP contribution is 1.91. The van der Waals surface area contributed by atoms with Gasteiger partial charge in [0.05, 0.1) is 19.8 Å². The van der Waals surface area contributed by atoms with Crippen molar-refractivity contribution >= 4 is 5.97 Å². The molecule has 0 aromatic carbocycles. The lowest BCUT2D eigenvalue weighted by molar-refractivity contribution is -0.310. The molecule has 0 radical (unpaired) electrons. The van der Waals surface area contributed by atoms with Crippen LogP contribution < -0.4 is 0 Å². The van der Waals surface area contributed by atoms with Crippen LogP contribution in [0.25, 0.3) is 0 Å². The molecule has 0 aromatic heterocycles. The summed E-state index contributed by atoms with van der Waals surface area (Å²) in [5.41, 5.74) is 0.335. The van der Waals surface area contributed by atoms with E-state index in [2.05, 4.69) is 6.58 Å². The summed E-state index contributed by atoms with van der Waals surface area (Å²) < 4.78 is 9.61. The Morgan fingerprint density at radius 3 is 2.50 bits per heavy atom. The summed E-state index contributed by atoms with van der Waals surface area (Å²) in [6.45, 7) is 5.43. The van der Waals surface area contributed by atoms with Crippen LogP contribution in [0.15, 0.2) is 12.2 Å². The second kappa shape index (κ2) is 7.45. The topological polar surface area (TPSA) is 79.2 Å². The lowest BCUT2D eigenvalue weighted by Crippen LogP contribution is -2.21. The number of esters is 1. The first-order chi connectivity index (χ1) is 6.54. The predicted molar refractivity (Wildman–Crippen MR) is 46.9 cm³/mol. The molecule has 0 atom stereocenters. The molecule has 0 aliphatic carbocycles. The molecule has 0 rings (SSSR count). The van der Waals surface area contributed by atoms with Crippen molar-refractivity contribution in [2.75, 3.05) is 26.4 Å². The van der Waals surface area contributed by atoms with Crippen LogP contribution in [-0.2, 0) is 14.3 Å². The smallest absolute Gasteiger partial charge is 0.333 e. The Morgan fingerprint density at radius 1 is 1.36 bits per heavy atom. The molecule has 0 heterocycles. The summed E-state index contributed by atoms with van der Waals surface area (Å²) in [7, 11) is 0. The number of rotatable bonds is 7. The Labute approximate surface area is 82.2 Å². The molecule has 0 aliphatic rings. The van der Waals surface area contributed by atoms with Crippen LogP contribution in [0.4, 0.5) is 0 Å². The standard InChI is InChI=1S/C8H15NO5/c1-7(2)8(10)14-6-5-13-4-3-9(11)12/h11-12H,1,3-6H2,2H3. The highest BCUT2D eigenvalue weighted by atomic mass is 16.8. The second-order valence-corrected chi connectivity index (χ2v) is 2.62. The van der Waals surface area contributed by atoms with E-state index in [9.17, 15) is 4.79 Å². The highest BCUT2D eigenvalue weighted by molar-refractivity contribution is 5.86. The van der Waals surface area contributed by atoms with Gasteiger partial charge in [0.15, 0.2) is 0 Å². The number of carbonyl (C=O) groups is 1. The van der Waals surface area contributed by atoms with Crippen LogP contribution >= 0.6 is 0 Å². The van der Waals surface area contributed by atoms with Crippen LogP contribution in [-0.4, -0.2) is 48.0 Å². The molecule has 0 amide bonds. The van der Waals surface area contributed by atoms with Crippen molar-refractivity contribution in [3.8, 4) is 0 Å². The van der Waals surface area contributed by atoms with Crippen molar-refractivity contribution in [1.82, 2.24) is 5.23 Å².